The maximum Gasteiger partial charge on any atom is 0.257 e. The van der Waals surface area contributed by atoms with Gasteiger partial charge in [-0.05, 0) is 24.6 Å². The average molecular weight is 363 g/mol. The highest BCUT2D eigenvalue weighted by atomic mass is 32.2. The first-order valence-corrected chi connectivity index (χ1v) is 9.62. The van der Waals surface area contributed by atoms with Gasteiger partial charge < -0.3 is 10.2 Å². The van der Waals surface area contributed by atoms with Crippen LogP contribution in [0.2, 0.25) is 0 Å². The molecule has 1 aliphatic rings. The van der Waals surface area contributed by atoms with Gasteiger partial charge in [0.15, 0.2) is 9.84 Å². The Labute approximate surface area is 145 Å². The van der Waals surface area contributed by atoms with E-state index in [0.717, 1.165) is 0 Å². The van der Waals surface area contributed by atoms with Gasteiger partial charge in [-0.3, -0.25) is 9.78 Å². The van der Waals surface area contributed by atoms with E-state index >= 15 is 0 Å². The summed E-state index contributed by atoms with van der Waals surface area (Å²) in [4.78, 5) is 18.2. The highest BCUT2D eigenvalue weighted by molar-refractivity contribution is 7.91. The summed E-state index contributed by atoms with van der Waals surface area (Å²) in [5.41, 5.74) is 1.00. The van der Waals surface area contributed by atoms with Crippen molar-refractivity contribution >= 4 is 27.1 Å². The summed E-state index contributed by atoms with van der Waals surface area (Å²) in [7, 11) is -1.22. The van der Waals surface area contributed by atoms with Crippen molar-refractivity contribution in [2.45, 2.75) is 12.5 Å². The molecule has 1 aromatic carbocycles. The zero-order valence-corrected chi connectivity index (χ0v) is 14.5. The van der Waals surface area contributed by atoms with E-state index in [0.29, 0.717) is 12.1 Å². The highest BCUT2D eigenvalue weighted by Gasteiger charge is 2.31. The first-order chi connectivity index (χ1) is 11.9. The van der Waals surface area contributed by atoms with Crippen molar-refractivity contribution in [3.05, 3.63) is 54.1 Å². The minimum absolute atomic E-state index is 0.0909. The molecule has 8 heteroatoms. The number of nitrogens with one attached hydrogen (secondary N) is 1. The van der Waals surface area contributed by atoms with Crippen LogP contribution in [0.25, 0.3) is 0 Å². The Morgan fingerprint density at radius 1 is 1.32 bits per heavy atom. The quantitative estimate of drug-likeness (QED) is 0.900. The lowest BCUT2D eigenvalue weighted by Gasteiger charge is -2.25. The Balaban J connectivity index is 1.77. The standard InChI is InChI=1S/C17H18FN3O3S/c1-21(13-6-7-25(23,24)11-13)14-8-12(9-19-10-14)17(22)20-16-5-3-2-4-15(16)18/h2-5,8-10,13H,6-7,11H2,1H3,(H,20,22). The molecular formula is C17H18FN3O3S. The van der Waals surface area contributed by atoms with Gasteiger partial charge in [-0.1, -0.05) is 12.1 Å². The molecule has 1 aliphatic heterocycles. The van der Waals surface area contributed by atoms with Gasteiger partial charge in [0, 0.05) is 19.3 Å². The van der Waals surface area contributed by atoms with E-state index in [-0.39, 0.29) is 28.8 Å². The number of amides is 1. The molecule has 0 radical (unpaired) electrons. The number of para-hydroxylation sites is 1. The molecule has 0 aliphatic carbocycles. The van der Waals surface area contributed by atoms with Crippen molar-refractivity contribution in [1.29, 1.82) is 0 Å². The zero-order valence-electron chi connectivity index (χ0n) is 13.6. The van der Waals surface area contributed by atoms with Crippen LogP contribution in [0.3, 0.4) is 0 Å². The van der Waals surface area contributed by atoms with Crippen LogP contribution in [0.15, 0.2) is 42.7 Å². The topological polar surface area (TPSA) is 79.4 Å². The zero-order chi connectivity index (χ0) is 18.0. The smallest absolute Gasteiger partial charge is 0.257 e. The van der Waals surface area contributed by atoms with Gasteiger partial charge in [0.05, 0.1) is 34.6 Å². The second-order valence-electron chi connectivity index (χ2n) is 6.03. The summed E-state index contributed by atoms with van der Waals surface area (Å²) in [5, 5.41) is 2.51. The first kappa shape index (κ1) is 17.3. The predicted octanol–water partition coefficient (Wildman–Crippen LogP) is 2.10. The van der Waals surface area contributed by atoms with Crippen LogP contribution < -0.4 is 10.2 Å². The molecule has 1 N–H and O–H groups in total. The molecule has 1 amide bonds. The molecule has 132 valence electrons. The van der Waals surface area contributed by atoms with Gasteiger partial charge in [0.2, 0.25) is 0 Å². The molecule has 1 aromatic heterocycles. The molecule has 0 bridgehead atoms. The van der Waals surface area contributed by atoms with E-state index in [1.807, 2.05) is 4.90 Å². The molecule has 2 heterocycles. The lowest BCUT2D eigenvalue weighted by atomic mass is 10.2. The molecule has 0 spiro atoms. The Kier molecular flexibility index (Phi) is 4.71. The van der Waals surface area contributed by atoms with Crippen LogP contribution >= 0.6 is 0 Å². The molecule has 1 saturated heterocycles. The number of carbonyl (C=O) groups excluding carboxylic acids is 1. The third kappa shape index (κ3) is 3.96. The number of halogens is 1. The Bertz CT molecular complexity index is 902. The SMILES string of the molecule is CN(c1cncc(C(=O)Nc2ccccc2F)c1)C1CCS(=O)(=O)C1. The van der Waals surface area contributed by atoms with Crippen LogP contribution in [0.1, 0.15) is 16.8 Å². The summed E-state index contributed by atoms with van der Waals surface area (Å²) < 4.78 is 36.9. The van der Waals surface area contributed by atoms with Crippen molar-refractivity contribution in [2.75, 3.05) is 28.8 Å². The summed E-state index contributed by atoms with van der Waals surface area (Å²) in [6.45, 7) is 0. The van der Waals surface area contributed by atoms with Gasteiger partial charge >= 0.3 is 0 Å². The van der Waals surface area contributed by atoms with Gasteiger partial charge in [0.25, 0.3) is 5.91 Å². The van der Waals surface area contributed by atoms with E-state index in [4.69, 9.17) is 0 Å². The number of sulfone groups is 1. The summed E-state index contributed by atoms with van der Waals surface area (Å²) in [5.74, 6) is -0.738. The summed E-state index contributed by atoms with van der Waals surface area (Å²) >= 11 is 0. The molecule has 1 unspecified atom stereocenters. The lowest BCUT2D eigenvalue weighted by molar-refractivity contribution is 0.102. The molecule has 6 nitrogen and oxygen atoms in total. The van der Waals surface area contributed by atoms with Gasteiger partial charge in [0.1, 0.15) is 5.82 Å². The number of aromatic nitrogens is 1. The number of pyridine rings is 1. The first-order valence-electron chi connectivity index (χ1n) is 7.80. The number of hydrogen-bond donors (Lipinski definition) is 1. The maximum absolute atomic E-state index is 13.7. The van der Waals surface area contributed by atoms with Crippen molar-refractivity contribution in [2.24, 2.45) is 0 Å². The second kappa shape index (κ2) is 6.79. The normalized spacial score (nSPS) is 18.7. The molecule has 2 aromatic rings. The van der Waals surface area contributed by atoms with Gasteiger partial charge in [-0.25, -0.2) is 12.8 Å². The third-order valence-corrected chi connectivity index (χ3v) is 6.02. The van der Waals surface area contributed by atoms with Crippen LogP contribution in [-0.4, -0.2) is 43.9 Å². The summed E-state index contributed by atoms with van der Waals surface area (Å²) in [6, 6.07) is 7.38. The predicted molar refractivity (Wildman–Crippen MR) is 94.1 cm³/mol. The second-order valence-corrected chi connectivity index (χ2v) is 8.26. The average Bonchev–Trinajstić information content (AvgIpc) is 2.96. The van der Waals surface area contributed by atoms with Crippen LogP contribution in [-0.2, 0) is 9.84 Å². The minimum Gasteiger partial charge on any atom is -0.369 e. The largest absolute Gasteiger partial charge is 0.369 e. The van der Waals surface area contributed by atoms with Crippen molar-refractivity contribution in [3.8, 4) is 0 Å². The van der Waals surface area contributed by atoms with Gasteiger partial charge in [-0.2, -0.15) is 0 Å². The highest BCUT2D eigenvalue weighted by Crippen LogP contribution is 2.23. The number of anilines is 2. The number of benzene rings is 1. The Morgan fingerprint density at radius 2 is 2.08 bits per heavy atom. The molecule has 0 saturated carbocycles. The molecule has 1 atom stereocenters. The monoisotopic (exact) mass is 363 g/mol. The number of nitrogens with zero attached hydrogens (tertiary/aromatic N) is 2. The van der Waals surface area contributed by atoms with E-state index in [1.165, 1.54) is 24.4 Å². The van der Waals surface area contributed by atoms with E-state index in [2.05, 4.69) is 10.3 Å². The fourth-order valence-corrected chi connectivity index (χ4v) is 4.57. The van der Waals surface area contributed by atoms with Crippen LogP contribution in [0.4, 0.5) is 15.8 Å². The summed E-state index contributed by atoms with van der Waals surface area (Å²) in [6.07, 6.45) is 3.51. The molecule has 1 fully saturated rings. The van der Waals surface area contributed by atoms with Crippen LogP contribution in [0, 0.1) is 5.82 Å². The minimum atomic E-state index is -3.00. The van der Waals surface area contributed by atoms with Crippen molar-refractivity contribution < 1.29 is 17.6 Å². The molecule has 3 rings (SSSR count). The fourth-order valence-electron chi connectivity index (χ4n) is 2.79. The Hall–Kier alpha value is -2.48. The Morgan fingerprint density at radius 3 is 2.76 bits per heavy atom. The molecule has 25 heavy (non-hydrogen) atoms. The van der Waals surface area contributed by atoms with E-state index < -0.39 is 21.6 Å². The number of hydrogen-bond acceptors (Lipinski definition) is 5. The maximum atomic E-state index is 13.7. The number of rotatable bonds is 4. The van der Waals surface area contributed by atoms with Crippen LogP contribution in [0.5, 0.6) is 0 Å². The molecular weight excluding hydrogens is 345 g/mol. The third-order valence-electron chi connectivity index (χ3n) is 4.27. The fraction of sp³-hybridized carbons (Fsp3) is 0.294. The van der Waals surface area contributed by atoms with Gasteiger partial charge in [-0.15, -0.1) is 0 Å². The lowest BCUT2D eigenvalue weighted by Crippen LogP contribution is -2.32. The van der Waals surface area contributed by atoms with E-state index in [1.54, 1.807) is 25.4 Å². The number of carbonyl (C=O) groups is 1. The van der Waals surface area contributed by atoms with Crippen molar-refractivity contribution in [1.82, 2.24) is 4.98 Å². The van der Waals surface area contributed by atoms with E-state index in [9.17, 15) is 17.6 Å². The van der Waals surface area contributed by atoms with Crippen molar-refractivity contribution in [3.63, 3.8) is 0 Å².